The van der Waals surface area contributed by atoms with Crippen LogP contribution >= 0.6 is 0 Å². The number of nitrogens with zero attached hydrogens (tertiary/aromatic N) is 4. The predicted octanol–water partition coefficient (Wildman–Crippen LogP) is 2.26. The van der Waals surface area contributed by atoms with Gasteiger partial charge in [0.25, 0.3) is 0 Å². The monoisotopic (exact) mass is 281 g/mol. The van der Waals surface area contributed by atoms with Gasteiger partial charge in [-0.2, -0.15) is 5.10 Å². The number of para-hydroxylation sites is 1. The van der Waals surface area contributed by atoms with Crippen molar-refractivity contribution in [3.8, 4) is 0 Å². The second-order valence-electron chi connectivity index (χ2n) is 5.10. The fraction of sp³-hybridized carbons (Fsp3) is 0.312. The largest absolute Gasteiger partial charge is 0.313 e. The molecule has 2 heterocycles. The summed E-state index contributed by atoms with van der Waals surface area (Å²) in [5, 5.41) is 7.61. The summed E-state index contributed by atoms with van der Waals surface area (Å²) in [7, 11) is 3.97. The Kier molecular flexibility index (Phi) is 3.92. The number of benzene rings is 1. The van der Waals surface area contributed by atoms with Gasteiger partial charge in [0.15, 0.2) is 0 Å². The lowest BCUT2D eigenvalue weighted by molar-refractivity contribution is 0.538. The van der Waals surface area contributed by atoms with Crippen LogP contribution in [0, 0.1) is 0 Å². The topological polar surface area (TPSA) is 55.6 Å². The maximum Gasteiger partial charge on any atom is 0.0934 e. The van der Waals surface area contributed by atoms with E-state index in [0.717, 1.165) is 23.9 Å². The van der Waals surface area contributed by atoms with Gasteiger partial charge in [0.05, 0.1) is 11.0 Å². The minimum Gasteiger partial charge on any atom is -0.313 e. The van der Waals surface area contributed by atoms with Crippen LogP contribution in [0.2, 0.25) is 0 Å². The van der Waals surface area contributed by atoms with E-state index in [-0.39, 0.29) is 6.04 Å². The molecular formula is C16H19N5. The molecule has 108 valence electrons. The van der Waals surface area contributed by atoms with Crippen LogP contribution in [0.25, 0.3) is 11.0 Å². The van der Waals surface area contributed by atoms with E-state index in [2.05, 4.69) is 32.5 Å². The maximum absolute atomic E-state index is 4.49. The number of fused-ring (bicyclic) bond motifs is 1. The van der Waals surface area contributed by atoms with Crippen molar-refractivity contribution in [3.05, 3.63) is 54.1 Å². The van der Waals surface area contributed by atoms with Crippen LogP contribution < -0.4 is 5.32 Å². The first-order valence-electron chi connectivity index (χ1n) is 7.13. The van der Waals surface area contributed by atoms with Gasteiger partial charge in [-0.15, -0.1) is 0 Å². The molecule has 21 heavy (non-hydrogen) atoms. The summed E-state index contributed by atoms with van der Waals surface area (Å²) < 4.78 is 1.93. The predicted molar refractivity (Wildman–Crippen MR) is 82.9 cm³/mol. The molecule has 1 atom stereocenters. The number of hydrogen-bond acceptors (Lipinski definition) is 4. The van der Waals surface area contributed by atoms with E-state index < -0.39 is 0 Å². The highest BCUT2D eigenvalue weighted by atomic mass is 15.2. The third-order valence-electron chi connectivity index (χ3n) is 3.87. The highest BCUT2D eigenvalue weighted by molar-refractivity contribution is 5.78. The molecule has 0 aliphatic rings. The Hall–Kier alpha value is -2.27. The second-order valence-corrected chi connectivity index (χ2v) is 5.10. The number of hydrogen-bond donors (Lipinski definition) is 1. The highest BCUT2D eigenvalue weighted by Crippen LogP contribution is 2.24. The molecule has 0 spiro atoms. The first-order valence-corrected chi connectivity index (χ1v) is 7.13. The molecule has 3 rings (SSSR count). The van der Waals surface area contributed by atoms with Crippen molar-refractivity contribution in [3.63, 3.8) is 0 Å². The van der Waals surface area contributed by atoms with E-state index in [9.17, 15) is 0 Å². The minimum atomic E-state index is 0.250. The molecule has 0 saturated heterocycles. The van der Waals surface area contributed by atoms with Crippen LogP contribution in [0.3, 0.4) is 0 Å². The number of rotatable bonds is 5. The van der Waals surface area contributed by atoms with Crippen molar-refractivity contribution in [1.82, 2.24) is 25.1 Å². The van der Waals surface area contributed by atoms with Crippen LogP contribution in [0.4, 0.5) is 0 Å². The van der Waals surface area contributed by atoms with Crippen molar-refractivity contribution in [1.29, 1.82) is 0 Å². The van der Waals surface area contributed by atoms with Gasteiger partial charge in [-0.1, -0.05) is 12.1 Å². The van der Waals surface area contributed by atoms with Gasteiger partial charge in [-0.05, 0) is 37.6 Å². The number of aryl methyl sites for hydroxylation is 2. The molecule has 3 aromatic rings. The number of aromatic nitrogens is 4. The van der Waals surface area contributed by atoms with E-state index in [1.807, 2.05) is 37.1 Å². The first-order chi connectivity index (χ1) is 10.3. The summed E-state index contributed by atoms with van der Waals surface area (Å²) in [5.41, 5.74) is 4.35. The normalized spacial score (nSPS) is 12.7. The Morgan fingerprint density at radius 2 is 2.00 bits per heavy atom. The quantitative estimate of drug-likeness (QED) is 0.779. The molecular weight excluding hydrogens is 262 g/mol. The minimum absolute atomic E-state index is 0.250. The van der Waals surface area contributed by atoms with Gasteiger partial charge in [0, 0.05) is 37.4 Å². The Balaban J connectivity index is 1.86. The molecule has 5 heteroatoms. The smallest absolute Gasteiger partial charge is 0.0934 e. The van der Waals surface area contributed by atoms with Gasteiger partial charge < -0.3 is 5.32 Å². The Morgan fingerprint density at radius 3 is 2.76 bits per heavy atom. The van der Waals surface area contributed by atoms with Crippen molar-refractivity contribution in [2.75, 3.05) is 7.05 Å². The Morgan fingerprint density at radius 1 is 1.14 bits per heavy atom. The fourth-order valence-electron chi connectivity index (χ4n) is 2.69. The van der Waals surface area contributed by atoms with E-state index in [1.165, 1.54) is 11.3 Å². The SMILES string of the molecule is CNC(CCc1ccnn1C)c1cccc2nccnc12. The molecule has 0 saturated carbocycles. The molecule has 1 N–H and O–H groups in total. The molecule has 2 aromatic heterocycles. The third kappa shape index (κ3) is 2.78. The highest BCUT2D eigenvalue weighted by Gasteiger charge is 2.14. The molecule has 1 unspecified atom stereocenters. The van der Waals surface area contributed by atoms with Gasteiger partial charge in [0.2, 0.25) is 0 Å². The second kappa shape index (κ2) is 6.01. The van der Waals surface area contributed by atoms with Crippen LogP contribution in [0.1, 0.15) is 23.7 Å². The van der Waals surface area contributed by atoms with Crippen molar-refractivity contribution >= 4 is 11.0 Å². The summed E-state index contributed by atoms with van der Waals surface area (Å²) in [5.74, 6) is 0. The molecule has 5 nitrogen and oxygen atoms in total. The van der Waals surface area contributed by atoms with Crippen LogP contribution in [-0.4, -0.2) is 26.8 Å². The average molecular weight is 281 g/mol. The van der Waals surface area contributed by atoms with E-state index in [1.54, 1.807) is 12.4 Å². The van der Waals surface area contributed by atoms with Crippen molar-refractivity contribution in [2.24, 2.45) is 7.05 Å². The van der Waals surface area contributed by atoms with Gasteiger partial charge >= 0.3 is 0 Å². The van der Waals surface area contributed by atoms with Crippen LogP contribution in [0.15, 0.2) is 42.9 Å². The summed E-state index contributed by atoms with van der Waals surface area (Å²) in [6, 6.07) is 8.48. The molecule has 0 fully saturated rings. The first kappa shape index (κ1) is 13.7. The summed E-state index contributed by atoms with van der Waals surface area (Å²) in [6.45, 7) is 0. The van der Waals surface area contributed by atoms with Gasteiger partial charge in [-0.3, -0.25) is 14.6 Å². The molecule has 0 aliphatic heterocycles. The zero-order valence-electron chi connectivity index (χ0n) is 12.3. The number of nitrogens with one attached hydrogen (secondary N) is 1. The fourth-order valence-corrected chi connectivity index (χ4v) is 2.69. The molecule has 1 aromatic carbocycles. The van der Waals surface area contributed by atoms with Crippen molar-refractivity contribution in [2.45, 2.75) is 18.9 Å². The van der Waals surface area contributed by atoms with Crippen LogP contribution in [-0.2, 0) is 13.5 Å². The summed E-state index contributed by atoms with van der Waals surface area (Å²) >= 11 is 0. The lowest BCUT2D eigenvalue weighted by Gasteiger charge is -2.18. The maximum atomic E-state index is 4.49. The third-order valence-corrected chi connectivity index (χ3v) is 3.87. The molecule has 0 radical (unpaired) electrons. The van der Waals surface area contributed by atoms with Gasteiger partial charge in [0.1, 0.15) is 0 Å². The van der Waals surface area contributed by atoms with Crippen LogP contribution in [0.5, 0.6) is 0 Å². The lowest BCUT2D eigenvalue weighted by Crippen LogP contribution is -2.18. The average Bonchev–Trinajstić information content (AvgIpc) is 2.93. The van der Waals surface area contributed by atoms with E-state index in [4.69, 9.17) is 0 Å². The molecule has 0 aliphatic carbocycles. The molecule has 0 bridgehead atoms. The summed E-state index contributed by atoms with van der Waals surface area (Å²) in [6.07, 6.45) is 7.29. The Bertz CT molecular complexity index is 729. The van der Waals surface area contributed by atoms with E-state index in [0.29, 0.717) is 0 Å². The summed E-state index contributed by atoms with van der Waals surface area (Å²) in [4.78, 5) is 8.87. The molecule has 0 amide bonds. The zero-order valence-corrected chi connectivity index (χ0v) is 12.3. The van der Waals surface area contributed by atoms with Gasteiger partial charge in [-0.25, -0.2) is 0 Å². The van der Waals surface area contributed by atoms with Crippen molar-refractivity contribution < 1.29 is 0 Å². The van der Waals surface area contributed by atoms with E-state index >= 15 is 0 Å². The lowest BCUT2D eigenvalue weighted by atomic mass is 9.99. The standard InChI is InChI=1S/C16H19N5/c1-17-14(7-6-12-8-9-20-21(12)2)13-4-3-5-15-16(13)19-11-10-18-15/h3-5,8-11,14,17H,6-7H2,1-2H3. The zero-order chi connectivity index (χ0) is 14.7. The Labute approximate surface area is 124 Å².